The number of hydrogen-bond donors (Lipinski definition) is 1. The quantitative estimate of drug-likeness (QED) is 0.814. The molecule has 1 N–H and O–H groups in total. The van der Waals surface area contributed by atoms with Crippen LogP contribution in [-0.4, -0.2) is 12.7 Å². The lowest BCUT2D eigenvalue weighted by molar-refractivity contribution is 0.341. The molecule has 0 radical (unpaired) electrons. The number of nitrogens with one attached hydrogen (secondary N) is 1. The third kappa shape index (κ3) is 3.36. The fraction of sp³-hybridized carbons (Fsp3) is 0.294. The summed E-state index contributed by atoms with van der Waals surface area (Å²) in [6, 6.07) is 18.9. The molecule has 0 amide bonds. The van der Waals surface area contributed by atoms with Crippen molar-refractivity contribution in [2.24, 2.45) is 5.92 Å². The lowest BCUT2D eigenvalue weighted by Crippen LogP contribution is -2.07. The number of hydrogen-bond acceptors (Lipinski definition) is 2. The molecule has 0 spiro atoms. The minimum Gasteiger partial charge on any atom is -0.373 e. The van der Waals surface area contributed by atoms with Crippen LogP contribution in [0.3, 0.4) is 0 Å². The van der Waals surface area contributed by atoms with Gasteiger partial charge in [0.15, 0.2) is 0 Å². The van der Waals surface area contributed by atoms with Gasteiger partial charge in [-0.2, -0.15) is 0 Å². The van der Waals surface area contributed by atoms with Gasteiger partial charge >= 0.3 is 0 Å². The van der Waals surface area contributed by atoms with E-state index in [1.165, 1.54) is 5.56 Å². The highest BCUT2D eigenvalue weighted by molar-refractivity contribution is 5.60. The zero-order chi connectivity index (χ0) is 13.1. The van der Waals surface area contributed by atoms with Crippen LogP contribution < -0.4 is 5.32 Å². The first-order chi connectivity index (χ1) is 9.31. The van der Waals surface area contributed by atoms with Crippen molar-refractivity contribution in [3.63, 3.8) is 0 Å². The highest BCUT2D eigenvalue weighted by atomic mass is 16.6. The van der Waals surface area contributed by atoms with Gasteiger partial charge in [0.1, 0.15) is 0 Å². The molecule has 19 heavy (non-hydrogen) atoms. The number of rotatable bonds is 5. The third-order valence-electron chi connectivity index (χ3n) is 3.54. The normalized spacial score (nSPS) is 18.9. The van der Waals surface area contributed by atoms with E-state index in [0.717, 1.165) is 24.4 Å². The maximum atomic E-state index is 5.35. The Balaban J connectivity index is 1.68. The molecule has 0 bridgehead atoms. The van der Waals surface area contributed by atoms with Crippen LogP contribution in [0.25, 0.3) is 0 Å². The Bertz CT molecular complexity index is 534. The number of ether oxygens (including phenoxy) is 1. The Morgan fingerprint density at radius 3 is 2.58 bits per heavy atom. The molecule has 0 aliphatic carbocycles. The molecule has 2 aromatic carbocycles. The van der Waals surface area contributed by atoms with Crippen molar-refractivity contribution in [1.82, 2.24) is 0 Å². The molecule has 1 aliphatic rings. The largest absolute Gasteiger partial charge is 0.373 e. The van der Waals surface area contributed by atoms with Crippen LogP contribution in [0.5, 0.6) is 0 Å². The SMILES string of the molecule is CC(Cc1cccc(Nc2ccccc2)c1)C1CO1. The molecule has 98 valence electrons. The Morgan fingerprint density at radius 2 is 1.84 bits per heavy atom. The Hall–Kier alpha value is -1.80. The van der Waals surface area contributed by atoms with Gasteiger partial charge in [0.05, 0.1) is 12.7 Å². The fourth-order valence-electron chi connectivity index (χ4n) is 2.35. The second-order valence-corrected chi connectivity index (χ2v) is 5.24. The third-order valence-corrected chi connectivity index (χ3v) is 3.54. The first kappa shape index (κ1) is 12.2. The first-order valence-electron chi connectivity index (χ1n) is 6.84. The monoisotopic (exact) mass is 253 g/mol. The van der Waals surface area contributed by atoms with E-state index in [1.807, 2.05) is 18.2 Å². The summed E-state index contributed by atoms with van der Waals surface area (Å²) in [7, 11) is 0. The molecule has 2 heteroatoms. The number of benzene rings is 2. The van der Waals surface area contributed by atoms with Gasteiger partial charge in [-0.05, 0) is 42.2 Å². The van der Waals surface area contributed by atoms with Crippen molar-refractivity contribution >= 4 is 11.4 Å². The maximum Gasteiger partial charge on any atom is 0.0838 e. The summed E-state index contributed by atoms with van der Waals surface area (Å²) in [6.45, 7) is 3.19. The van der Waals surface area contributed by atoms with E-state index in [9.17, 15) is 0 Å². The van der Waals surface area contributed by atoms with Crippen molar-refractivity contribution in [2.75, 3.05) is 11.9 Å². The zero-order valence-electron chi connectivity index (χ0n) is 11.2. The molecule has 2 atom stereocenters. The molecule has 1 fully saturated rings. The van der Waals surface area contributed by atoms with Crippen LogP contribution in [0.15, 0.2) is 54.6 Å². The standard InChI is InChI=1S/C17H19NO/c1-13(17-12-19-17)10-14-6-5-9-16(11-14)18-15-7-3-2-4-8-15/h2-9,11,13,17-18H,10,12H2,1H3. The molecule has 2 unspecified atom stereocenters. The van der Waals surface area contributed by atoms with E-state index in [1.54, 1.807) is 0 Å². The smallest absolute Gasteiger partial charge is 0.0838 e. The summed E-state index contributed by atoms with van der Waals surface area (Å²) in [5.41, 5.74) is 3.63. The molecule has 1 saturated heterocycles. The summed E-state index contributed by atoms with van der Waals surface area (Å²) in [6.07, 6.45) is 1.56. The molecular weight excluding hydrogens is 234 g/mol. The Labute approximate surface area is 114 Å². The summed E-state index contributed by atoms with van der Waals surface area (Å²) in [5.74, 6) is 0.604. The number of epoxide rings is 1. The molecule has 2 aromatic rings. The van der Waals surface area contributed by atoms with Gasteiger partial charge in [0.25, 0.3) is 0 Å². The zero-order valence-corrected chi connectivity index (χ0v) is 11.2. The lowest BCUT2D eigenvalue weighted by atomic mass is 9.98. The van der Waals surface area contributed by atoms with E-state index in [2.05, 4.69) is 48.6 Å². The van der Waals surface area contributed by atoms with Crippen LogP contribution in [0.2, 0.25) is 0 Å². The van der Waals surface area contributed by atoms with E-state index in [4.69, 9.17) is 4.74 Å². The molecule has 3 rings (SSSR count). The highest BCUT2D eigenvalue weighted by Crippen LogP contribution is 2.25. The summed E-state index contributed by atoms with van der Waals surface area (Å²) >= 11 is 0. The summed E-state index contributed by atoms with van der Waals surface area (Å²) in [4.78, 5) is 0. The van der Waals surface area contributed by atoms with Crippen LogP contribution >= 0.6 is 0 Å². The molecular formula is C17H19NO. The topological polar surface area (TPSA) is 24.6 Å². The second kappa shape index (κ2) is 5.45. The first-order valence-corrected chi connectivity index (χ1v) is 6.84. The highest BCUT2D eigenvalue weighted by Gasteiger charge is 2.29. The van der Waals surface area contributed by atoms with Gasteiger partial charge in [-0.1, -0.05) is 37.3 Å². The van der Waals surface area contributed by atoms with Crippen molar-refractivity contribution in [3.8, 4) is 0 Å². The van der Waals surface area contributed by atoms with Crippen LogP contribution in [0, 0.1) is 5.92 Å². The predicted octanol–water partition coefficient (Wildman–Crippen LogP) is 4.01. The van der Waals surface area contributed by atoms with Gasteiger partial charge in [0.2, 0.25) is 0 Å². The molecule has 0 saturated carbocycles. The summed E-state index contributed by atoms with van der Waals surface area (Å²) in [5, 5.41) is 3.43. The maximum absolute atomic E-state index is 5.35. The second-order valence-electron chi connectivity index (χ2n) is 5.24. The number of para-hydroxylation sites is 1. The van der Waals surface area contributed by atoms with E-state index < -0.39 is 0 Å². The van der Waals surface area contributed by atoms with Crippen molar-refractivity contribution in [3.05, 3.63) is 60.2 Å². The van der Waals surface area contributed by atoms with E-state index in [0.29, 0.717) is 12.0 Å². The van der Waals surface area contributed by atoms with Crippen molar-refractivity contribution < 1.29 is 4.74 Å². The molecule has 1 heterocycles. The van der Waals surface area contributed by atoms with Crippen LogP contribution in [-0.2, 0) is 11.2 Å². The average molecular weight is 253 g/mol. The Kier molecular flexibility index (Phi) is 3.51. The van der Waals surface area contributed by atoms with E-state index in [-0.39, 0.29) is 0 Å². The summed E-state index contributed by atoms with van der Waals surface area (Å²) < 4.78 is 5.35. The van der Waals surface area contributed by atoms with Crippen molar-refractivity contribution in [2.45, 2.75) is 19.4 Å². The minimum absolute atomic E-state index is 0.478. The van der Waals surface area contributed by atoms with Crippen molar-refractivity contribution in [1.29, 1.82) is 0 Å². The molecule has 0 aromatic heterocycles. The molecule has 2 nitrogen and oxygen atoms in total. The lowest BCUT2D eigenvalue weighted by Gasteiger charge is -2.11. The Morgan fingerprint density at radius 1 is 1.11 bits per heavy atom. The predicted molar refractivity (Wildman–Crippen MR) is 78.8 cm³/mol. The molecule has 1 aliphatic heterocycles. The van der Waals surface area contributed by atoms with Gasteiger partial charge in [-0.3, -0.25) is 0 Å². The van der Waals surface area contributed by atoms with Gasteiger partial charge in [-0.15, -0.1) is 0 Å². The van der Waals surface area contributed by atoms with Crippen LogP contribution in [0.4, 0.5) is 11.4 Å². The van der Waals surface area contributed by atoms with Crippen LogP contribution in [0.1, 0.15) is 12.5 Å². The minimum atomic E-state index is 0.478. The average Bonchev–Trinajstić information content (AvgIpc) is 3.24. The van der Waals surface area contributed by atoms with Gasteiger partial charge in [-0.25, -0.2) is 0 Å². The number of anilines is 2. The van der Waals surface area contributed by atoms with Gasteiger partial charge < -0.3 is 10.1 Å². The van der Waals surface area contributed by atoms with E-state index >= 15 is 0 Å². The van der Waals surface area contributed by atoms with Gasteiger partial charge in [0, 0.05) is 11.4 Å². The fourth-order valence-corrected chi connectivity index (χ4v) is 2.35.